The zero-order chi connectivity index (χ0) is 15.7. The molecule has 21 heavy (non-hydrogen) atoms. The number of carbonyl (C=O) groups is 1. The molecule has 1 heterocycles. The monoisotopic (exact) mass is 303 g/mol. The van der Waals surface area contributed by atoms with E-state index in [1.807, 2.05) is 0 Å². The molecule has 0 aromatic heterocycles. The summed E-state index contributed by atoms with van der Waals surface area (Å²) in [5.41, 5.74) is -2.94. The van der Waals surface area contributed by atoms with Crippen molar-refractivity contribution in [3.8, 4) is 0 Å². The van der Waals surface area contributed by atoms with Crippen molar-refractivity contribution in [1.29, 1.82) is 0 Å². The van der Waals surface area contributed by atoms with E-state index in [2.05, 4.69) is 10.6 Å². The smallest absolute Gasteiger partial charge is 0.294 e. The molecule has 6 nitrogen and oxygen atoms in total. The summed E-state index contributed by atoms with van der Waals surface area (Å²) in [4.78, 5) is 22.0. The van der Waals surface area contributed by atoms with Gasteiger partial charge in [0.2, 0.25) is 0 Å². The van der Waals surface area contributed by atoms with E-state index in [4.69, 9.17) is 0 Å². The number of non-ortho nitro benzene ring substituents is 1. The molecule has 1 saturated heterocycles. The zero-order valence-corrected chi connectivity index (χ0v) is 10.7. The Morgan fingerprint density at radius 1 is 1.33 bits per heavy atom. The van der Waals surface area contributed by atoms with Gasteiger partial charge in [-0.05, 0) is 0 Å². The lowest BCUT2D eigenvalue weighted by molar-refractivity contribution is -0.384. The zero-order valence-electron chi connectivity index (χ0n) is 10.7. The van der Waals surface area contributed by atoms with Gasteiger partial charge in [-0.15, -0.1) is 0 Å². The predicted molar refractivity (Wildman–Crippen MR) is 66.8 cm³/mol. The summed E-state index contributed by atoms with van der Waals surface area (Å²) in [6.45, 7) is 0.170. The van der Waals surface area contributed by atoms with Gasteiger partial charge in [-0.1, -0.05) is 12.1 Å². The van der Waals surface area contributed by atoms with Gasteiger partial charge in [0.1, 0.15) is 0 Å². The summed E-state index contributed by atoms with van der Waals surface area (Å²) in [6.07, 6.45) is -5.52. The highest BCUT2D eigenvalue weighted by Gasteiger charge is 2.57. The third kappa shape index (κ3) is 3.03. The van der Waals surface area contributed by atoms with Crippen molar-refractivity contribution in [2.75, 3.05) is 13.1 Å². The molecule has 1 aliphatic heterocycles. The first-order valence-corrected chi connectivity index (χ1v) is 6.10. The molecule has 0 bridgehead atoms. The first-order chi connectivity index (χ1) is 9.75. The fraction of sp³-hybridized carbons (Fsp3) is 0.417. The van der Waals surface area contributed by atoms with Gasteiger partial charge in [-0.3, -0.25) is 25.5 Å². The minimum Gasteiger partial charge on any atom is -0.294 e. The van der Waals surface area contributed by atoms with E-state index in [-0.39, 0.29) is 24.3 Å². The number of nitrogens with one attached hydrogen (secondary N) is 2. The molecule has 0 amide bonds. The van der Waals surface area contributed by atoms with Crippen LogP contribution in [0.2, 0.25) is 0 Å². The number of nitro groups is 1. The number of ketones is 1. The summed E-state index contributed by atoms with van der Waals surface area (Å²) in [5.74, 6) is -0.821. The van der Waals surface area contributed by atoms with Gasteiger partial charge in [0.05, 0.1) is 11.3 Å². The molecule has 0 unspecified atom stereocenters. The van der Waals surface area contributed by atoms with Crippen LogP contribution in [0.3, 0.4) is 0 Å². The first kappa shape index (κ1) is 15.4. The normalized spacial score (nSPS) is 17.7. The van der Waals surface area contributed by atoms with Crippen molar-refractivity contribution < 1.29 is 22.9 Å². The molecule has 0 atom stereocenters. The maximum Gasteiger partial charge on any atom is 0.420 e. The fourth-order valence-electron chi connectivity index (χ4n) is 2.18. The summed E-state index contributed by atoms with van der Waals surface area (Å²) >= 11 is 0. The Morgan fingerprint density at radius 3 is 2.48 bits per heavy atom. The third-order valence-corrected chi connectivity index (χ3v) is 3.27. The Hall–Kier alpha value is -2.00. The highest BCUT2D eigenvalue weighted by molar-refractivity contribution is 5.97. The lowest BCUT2D eigenvalue weighted by Gasteiger charge is -2.31. The fourth-order valence-corrected chi connectivity index (χ4v) is 2.18. The lowest BCUT2D eigenvalue weighted by Crippen LogP contribution is -2.61. The van der Waals surface area contributed by atoms with Gasteiger partial charge < -0.3 is 0 Å². The highest BCUT2D eigenvalue weighted by Crippen LogP contribution is 2.33. The molecule has 9 heteroatoms. The van der Waals surface area contributed by atoms with E-state index in [0.29, 0.717) is 0 Å². The maximum absolute atomic E-state index is 13.1. The summed E-state index contributed by atoms with van der Waals surface area (Å²) in [7, 11) is 0. The van der Waals surface area contributed by atoms with E-state index in [1.54, 1.807) is 0 Å². The molecule has 0 saturated carbocycles. The highest BCUT2D eigenvalue weighted by atomic mass is 19.4. The van der Waals surface area contributed by atoms with Gasteiger partial charge in [0.15, 0.2) is 11.4 Å². The second-order valence-corrected chi connectivity index (χ2v) is 4.66. The van der Waals surface area contributed by atoms with Gasteiger partial charge in [-0.2, -0.15) is 13.2 Å². The Labute approximate surface area is 117 Å². The minimum absolute atomic E-state index is 0.0850. The molecular weight excluding hydrogens is 291 g/mol. The number of carbonyl (C=O) groups excluding carboxylic acids is 1. The van der Waals surface area contributed by atoms with Crippen LogP contribution in [-0.4, -0.2) is 35.6 Å². The Morgan fingerprint density at radius 2 is 1.95 bits per heavy atom. The van der Waals surface area contributed by atoms with E-state index < -0.39 is 29.0 Å². The summed E-state index contributed by atoms with van der Waals surface area (Å²) in [5, 5.41) is 15.1. The Balaban J connectivity index is 2.24. The van der Waals surface area contributed by atoms with Crippen LogP contribution in [0, 0.1) is 10.1 Å². The number of nitro benzene ring substituents is 1. The van der Waals surface area contributed by atoms with Gasteiger partial charge >= 0.3 is 6.18 Å². The predicted octanol–water partition coefficient (Wildman–Crippen LogP) is 1.62. The molecule has 2 N–H and O–H groups in total. The van der Waals surface area contributed by atoms with Crippen LogP contribution in [0.25, 0.3) is 0 Å². The van der Waals surface area contributed by atoms with Crippen LogP contribution in [0.5, 0.6) is 0 Å². The number of Topliss-reactive ketones (excluding diaryl/α,β-unsaturated/α-hetero) is 1. The molecular formula is C12H12F3N3O3. The van der Waals surface area contributed by atoms with E-state index in [9.17, 15) is 28.1 Å². The van der Waals surface area contributed by atoms with E-state index in [1.165, 1.54) is 18.2 Å². The lowest BCUT2D eigenvalue weighted by atomic mass is 9.98. The SMILES string of the molecule is O=C(CC1(C(F)(F)F)NCCN1)c1cccc([N+](=O)[O-])c1. The second kappa shape index (κ2) is 5.41. The molecule has 1 fully saturated rings. The average Bonchev–Trinajstić information content (AvgIpc) is 2.88. The van der Waals surface area contributed by atoms with Crippen molar-refractivity contribution in [1.82, 2.24) is 10.6 Å². The molecule has 2 rings (SSSR count). The Bertz CT molecular complexity index is 568. The largest absolute Gasteiger partial charge is 0.420 e. The topological polar surface area (TPSA) is 84.3 Å². The summed E-state index contributed by atoms with van der Waals surface area (Å²) < 4.78 is 39.3. The van der Waals surface area contributed by atoms with E-state index in [0.717, 1.165) is 6.07 Å². The molecule has 114 valence electrons. The molecule has 1 aromatic carbocycles. The average molecular weight is 303 g/mol. The molecule has 1 aliphatic rings. The van der Waals surface area contributed by atoms with Crippen LogP contribution in [0.15, 0.2) is 24.3 Å². The van der Waals surface area contributed by atoms with Crippen LogP contribution in [0.4, 0.5) is 18.9 Å². The summed E-state index contributed by atoms with van der Waals surface area (Å²) in [6, 6.07) is 4.67. The number of halogens is 3. The first-order valence-electron chi connectivity index (χ1n) is 6.10. The standard InChI is InChI=1S/C12H12F3N3O3/c13-12(14,15)11(16-4-5-17-11)7-10(19)8-2-1-3-9(6-8)18(20)21/h1-3,6,16-17H,4-5,7H2. The molecule has 0 radical (unpaired) electrons. The number of nitrogens with zero attached hydrogens (tertiary/aromatic N) is 1. The number of alkyl halides is 3. The molecule has 0 spiro atoms. The van der Waals surface area contributed by atoms with Gasteiger partial charge in [0.25, 0.3) is 5.69 Å². The molecule has 0 aliphatic carbocycles. The quantitative estimate of drug-likeness (QED) is 0.501. The van der Waals surface area contributed by atoms with Crippen molar-refractivity contribution in [3.05, 3.63) is 39.9 Å². The maximum atomic E-state index is 13.1. The minimum atomic E-state index is -4.65. The van der Waals surface area contributed by atoms with Crippen molar-refractivity contribution >= 4 is 11.5 Å². The second-order valence-electron chi connectivity index (χ2n) is 4.66. The van der Waals surface area contributed by atoms with Crippen LogP contribution in [-0.2, 0) is 0 Å². The van der Waals surface area contributed by atoms with Crippen LogP contribution < -0.4 is 10.6 Å². The van der Waals surface area contributed by atoms with Crippen molar-refractivity contribution in [3.63, 3.8) is 0 Å². The number of rotatable bonds is 4. The Kier molecular flexibility index (Phi) is 3.97. The van der Waals surface area contributed by atoms with Gasteiger partial charge in [0, 0.05) is 30.8 Å². The number of benzene rings is 1. The number of hydrogen-bond donors (Lipinski definition) is 2. The van der Waals surface area contributed by atoms with Crippen molar-refractivity contribution in [2.24, 2.45) is 0 Å². The van der Waals surface area contributed by atoms with Crippen LogP contribution >= 0.6 is 0 Å². The van der Waals surface area contributed by atoms with Crippen LogP contribution in [0.1, 0.15) is 16.8 Å². The van der Waals surface area contributed by atoms with Crippen molar-refractivity contribution in [2.45, 2.75) is 18.3 Å². The van der Waals surface area contributed by atoms with E-state index >= 15 is 0 Å². The number of hydrogen-bond acceptors (Lipinski definition) is 5. The molecule has 1 aromatic rings. The van der Waals surface area contributed by atoms with Gasteiger partial charge in [-0.25, -0.2) is 0 Å². The third-order valence-electron chi connectivity index (χ3n) is 3.27.